The minimum absolute atomic E-state index is 0.0896. The van der Waals surface area contributed by atoms with Crippen LogP contribution in [-0.4, -0.2) is 142 Å². The zero-order chi connectivity index (χ0) is 48.9. The molecule has 0 aromatic rings. The number of carbonyl (C=O) groups is 2. The van der Waals surface area contributed by atoms with Crippen LogP contribution >= 0.6 is 0 Å². The Kier molecular flexibility index (Phi) is 35.5. The smallest absolute Gasteiger partial charge is 0.306 e. The molecule has 2 fully saturated rings. The molecule has 388 valence electrons. The van der Waals surface area contributed by atoms with Crippen molar-refractivity contribution in [2.45, 2.75) is 242 Å². The highest BCUT2D eigenvalue weighted by Gasteiger charge is 2.47. The van der Waals surface area contributed by atoms with Gasteiger partial charge in [0.1, 0.15) is 55.4 Å². The molecule has 7 N–H and O–H groups in total. The van der Waals surface area contributed by atoms with E-state index in [1.54, 1.807) is 0 Å². The molecular weight excluding hydrogens is 865 g/mol. The summed E-state index contributed by atoms with van der Waals surface area (Å²) in [6.45, 7) is 2.50. The maximum atomic E-state index is 13.0. The Morgan fingerprint density at radius 1 is 0.478 bits per heavy atom. The van der Waals surface area contributed by atoms with Gasteiger partial charge in [-0.1, -0.05) is 159 Å². The summed E-state index contributed by atoms with van der Waals surface area (Å²) in [5.74, 6) is -0.989. The Hall–Kier alpha value is -2.54. The first-order chi connectivity index (χ1) is 32.5. The lowest BCUT2D eigenvalue weighted by Crippen LogP contribution is -2.61. The number of aliphatic hydroxyl groups excluding tert-OH is 7. The molecule has 15 nitrogen and oxygen atoms in total. The molecule has 0 saturated carbocycles. The van der Waals surface area contributed by atoms with Crippen LogP contribution in [0, 0.1) is 0 Å². The summed E-state index contributed by atoms with van der Waals surface area (Å²) in [5.41, 5.74) is 0. The average Bonchev–Trinajstić information content (AvgIpc) is 3.32. The summed E-state index contributed by atoms with van der Waals surface area (Å²) in [5, 5.41) is 72.0. The van der Waals surface area contributed by atoms with E-state index in [-0.39, 0.29) is 19.4 Å². The third-order valence-corrected chi connectivity index (χ3v) is 12.1. The largest absolute Gasteiger partial charge is 0.462 e. The van der Waals surface area contributed by atoms with Crippen molar-refractivity contribution in [2.75, 3.05) is 26.4 Å². The Balaban J connectivity index is 1.84. The molecule has 0 amide bonds. The van der Waals surface area contributed by atoms with Gasteiger partial charge in [0.2, 0.25) is 0 Å². The van der Waals surface area contributed by atoms with Crippen molar-refractivity contribution in [3.63, 3.8) is 0 Å². The van der Waals surface area contributed by atoms with Crippen LogP contribution in [0.5, 0.6) is 0 Å². The number of allylic oxidation sites excluding steroid dienone is 8. The van der Waals surface area contributed by atoms with Crippen LogP contribution in [0.25, 0.3) is 0 Å². The van der Waals surface area contributed by atoms with E-state index in [0.29, 0.717) is 19.3 Å². The van der Waals surface area contributed by atoms with E-state index in [1.165, 1.54) is 83.5 Å². The van der Waals surface area contributed by atoms with Gasteiger partial charge in [0.25, 0.3) is 0 Å². The predicted molar refractivity (Wildman–Crippen MR) is 257 cm³/mol. The summed E-state index contributed by atoms with van der Waals surface area (Å²) in [7, 11) is 0. The summed E-state index contributed by atoms with van der Waals surface area (Å²) < 4.78 is 33.5. The van der Waals surface area contributed by atoms with Gasteiger partial charge in [0.05, 0.1) is 19.8 Å². The fraction of sp³-hybridized carbons (Fsp3) is 0.808. The van der Waals surface area contributed by atoms with Gasteiger partial charge in [-0.3, -0.25) is 9.59 Å². The first kappa shape index (κ1) is 60.6. The van der Waals surface area contributed by atoms with Crippen molar-refractivity contribution in [1.29, 1.82) is 0 Å². The highest BCUT2D eigenvalue weighted by molar-refractivity contribution is 5.70. The molecule has 0 aromatic carbocycles. The van der Waals surface area contributed by atoms with E-state index in [4.69, 9.17) is 28.4 Å². The Morgan fingerprint density at radius 3 is 1.45 bits per heavy atom. The van der Waals surface area contributed by atoms with Crippen molar-refractivity contribution < 1.29 is 73.8 Å². The zero-order valence-electron chi connectivity index (χ0n) is 40.9. The third kappa shape index (κ3) is 27.4. The van der Waals surface area contributed by atoms with E-state index in [9.17, 15) is 45.3 Å². The second-order valence-corrected chi connectivity index (χ2v) is 18.0. The maximum Gasteiger partial charge on any atom is 0.306 e. The molecule has 0 radical (unpaired) electrons. The first-order valence-corrected chi connectivity index (χ1v) is 25.7. The molecule has 4 unspecified atom stereocenters. The molecule has 2 aliphatic rings. The molecule has 0 spiro atoms. The highest BCUT2D eigenvalue weighted by Crippen LogP contribution is 2.26. The maximum absolute atomic E-state index is 13.0. The van der Waals surface area contributed by atoms with Gasteiger partial charge in [-0.2, -0.15) is 0 Å². The van der Waals surface area contributed by atoms with E-state index in [2.05, 4.69) is 50.3 Å². The van der Waals surface area contributed by atoms with Gasteiger partial charge in [0.15, 0.2) is 18.7 Å². The van der Waals surface area contributed by atoms with Crippen LogP contribution in [0.4, 0.5) is 0 Å². The van der Waals surface area contributed by atoms with Crippen LogP contribution in [0.15, 0.2) is 48.6 Å². The van der Waals surface area contributed by atoms with Gasteiger partial charge in [0, 0.05) is 12.8 Å². The van der Waals surface area contributed by atoms with Crippen LogP contribution in [0.2, 0.25) is 0 Å². The molecule has 15 heteroatoms. The molecule has 11 atom stereocenters. The van der Waals surface area contributed by atoms with E-state index >= 15 is 0 Å². The van der Waals surface area contributed by atoms with Crippen molar-refractivity contribution in [3.8, 4) is 0 Å². The minimum atomic E-state index is -1.77. The lowest BCUT2D eigenvalue weighted by molar-refractivity contribution is -0.332. The molecule has 67 heavy (non-hydrogen) atoms. The second-order valence-electron chi connectivity index (χ2n) is 18.0. The fourth-order valence-electron chi connectivity index (χ4n) is 7.80. The molecule has 2 rings (SSSR count). The lowest BCUT2D eigenvalue weighted by atomic mass is 9.98. The van der Waals surface area contributed by atoms with Gasteiger partial charge < -0.3 is 64.2 Å². The quantitative estimate of drug-likeness (QED) is 0.0185. The predicted octanol–water partition coefficient (Wildman–Crippen LogP) is 7.10. The minimum Gasteiger partial charge on any atom is -0.462 e. The number of hydrogen-bond donors (Lipinski definition) is 7. The van der Waals surface area contributed by atoms with Crippen LogP contribution in [-0.2, 0) is 38.0 Å². The van der Waals surface area contributed by atoms with Crippen molar-refractivity contribution in [2.24, 2.45) is 0 Å². The van der Waals surface area contributed by atoms with Gasteiger partial charge >= 0.3 is 11.9 Å². The fourth-order valence-corrected chi connectivity index (χ4v) is 7.80. The van der Waals surface area contributed by atoms with E-state index in [1.807, 2.05) is 12.2 Å². The molecule has 0 bridgehead atoms. The zero-order valence-corrected chi connectivity index (χ0v) is 40.9. The number of esters is 2. The SMILES string of the molecule is CCCCC/C=C/C/C=C/C/C=C/C/C=C/CCCC(=O)O[C@H](COC(=O)CCCCCCCCCCCCCCCC)CO[C@H]1O[C@@H](CO[C@H]2O[C@@H](CO)[C@@H](O)C(O)C2O)[C@@H](O)C(O)C1O. The molecule has 2 heterocycles. The number of aliphatic hydroxyl groups is 7. The standard InChI is InChI=1S/C52H90O15/c1-3-5-7-9-11-13-15-17-19-20-21-23-25-27-29-31-33-35-44(55)65-40(37-62-43(54)34-32-30-28-26-24-22-18-16-14-12-10-8-6-4-2)38-63-51-50(61)48(59)46(57)42(67-51)39-64-52-49(60)47(58)45(56)41(36-53)66-52/h11,13,17,19,21,23,27,29,40-42,45-53,56-61H,3-10,12,14-16,18,20,22,24-26,28,30-39H2,1-2H3/b13-11+,19-17+,23-21+,29-27+/t40-,41+,42+,45-,46-,47?,48?,49?,50?,51+,52+/m1/s1. The van der Waals surface area contributed by atoms with Crippen molar-refractivity contribution in [3.05, 3.63) is 48.6 Å². The summed E-state index contributed by atoms with van der Waals surface area (Å²) in [6, 6.07) is 0. The number of ether oxygens (including phenoxy) is 6. The number of hydrogen-bond acceptors (Lipinski definition) is 15. The number of unbranched alkanes of at least 4 members (excludes halogenated alkanes) is 17. The van der Waals surface area contributed by atoms with Crippen LogP contribution < -0.4 is 0 Å². The topological polar surface area (TPSA) is 231 Å². The third-order valence-electron chi connectivity index (χ3n) is 12.1. The normalized spacial score (nSPS) is 26.3. The van der Waals surface area contributed by atoms with Gasteiger partial charge in [-0.15, -0.1) is 0 Å². The highest BCUT2D eigenvalue weighted by atomic mass is 16.7. The Morgan fingerprint density at radius 2 is 0.910 bits per heavy atom. The van der Waals surface area contributed by atoms with Crippen molar-refractivity contribution in [1.82, 2.24) is 0 Å². The molecule has 0 aliphatic carbocycles. The summed E-state index contributed by atoms with van der Waals surface area (Å²) in [6.07, 6.45) is 25.7. The van der Waals surface area contributed by atoms with Crippen LogP contribution in [0.3, 0.4) is 0 Å². The van der Waals surface area contributed by atoms with Gasteiger partial charge in [-0.05, 0) is 51.4 Å². The Bertz CT molecular complexity index is 1350. The van der Waals surface area contributed by atoms with Crippen molar-refractivity contribution >= 4 is 11.9 Å². The Labute approximate surface area is 401 Å². The number of carbonyl (C=O) groups excluding carboxylic acids is 2. The summed E-state index contributed by atoms with van der Waals surface area (Å²) in [4.78, 5) is 25.7. The van der Waals surface area contributed by atoms with Gasteiger partial charge in [-0.25, -0.2) is 0 Å². The molecular formula is C52H90O15. The molecule has 2 aliphatic heterocycles. The van der Waals surface area contributed by atoms with Crippen LogP contribution in [0.1, 0.15) is 174 Å². The second kappa shape index (κ2) is 39.2. The number of rotatable bonds is 39. The summed E-state index contributed by atoms with van der Waals surface area (Å²) >= 11 is 0. The lowest BCUT2D eigenvalue weighted by Gasteiger charge is -2.42. The van der Waals surface area contributed by atoms with E-state index < -0.39 is 99.3 Å². The average molecular weight is 955 g/mol. The first-order valence-electron chi connectivity index (χ1n) is 25.7. The monoisotopic (exact) mass is 955 g/mol. The molecule has 0 aromatic heterocycles. The van der Waals surface area contributed by atoms with E-state index in [0.717, 1.165) is 44.9 Å². The molecule has 2 saturated heterocycles.